The van der Waals surface area contributed by atoms with Crippen LogP contribution < -0.4 is 10.2 Å². The fraction of sp³-hybridized carbons (Fsp3) is 0.438. The summed E-state index contributed by atoms with van der Waals surface area (Å²) in [7, 11) is 0. The molecule has 1 aromatic carbocycles. The molecule has 0 aromatic heterocycles. The number of amides is 3. The minimum Gasteiger partial charge on any atom is -0.325 e. The van der Waals surface area contributed by atoms with Crippen LogP contribution in [0, 0.1) is 17.2 Å². The highest BCUT2D eigenvalue weighted by Crippen LogP contribution is 2.31. The molecule has 3 rings (SSSR count). The van der Waals surface area contributed by atoms with Gasteiger partial charge in [-0.05, 0) is 37.0 Å². The highest BCUT2D eigenvalue weighted by atomic mass is 16.2. The maximum Gasteiger partial charge on any atom is 0.329 e. The maximum atomic E-state index is 12.6. The zero-order valence-corrected chi connectivity index (χ0v) is 11.7. The van der Waals surface area contributed by atoms with Crippen molar-refractivity contribution in [3.63, 3.8) is 0 Å². The summed E-state index contributed by atoms with van der Waals surface area (Å²) >= 11 is 0. The lowest BCUT2D eigenvalue weighted by molar-refractivity contribution is -0.119. The van der Waals surface area contributed by atoms with Crippen molar-refractivity contribution in [1.29, 1.82) is 5.26 Å². The van der Waals surface area contributed by atoms with Gasteiger partial charge in [-0.15, -0.1) is 0 Å². The van der Waals surface area contributed by atoms with Crippen molar-refractivity contribution in [1.82, 2.24) is 5.32 Å². The number of rotatable bonds is 2. The van der Waals surface area contributed by atoms with Gasteiger partial charge in [0.2, 0.25) is 0 Å². The van der Waals surface area contributed by atoms with Gasteiger partial charge in [0, 0.05) is 0 Å². The van der Waals surface area contributed by atoms with Gasteiger partial charge in [-0.1, -0.05) is 25.3 Å². The van der Waals surface area contributed by atoms with Gasteiger partial charge in [0.05, 0.1) is 17.3 Å². The van der Waals surface area contributed by atoms with Gasteiger partial charge in [-0.3, -0.25) is 4.79 Å². The number of carbonyl (C=O) groups is 2. The summed E-state index contributed by atoms with van der Waals surface area (Å²) in [5.41, 5.74) is 0.907. The summed E-state index contributed by atoms with van der Waals surface area (Å²) < 4.78 is 0. The van der Waals surface area contributed by atoms with Crippen molar-refractivity contribution in [3.8, 4) is 6.07 Å². The number of anilines is 1. The summed E-state index contributed by atoms with van der Waals surface area (Å²) in [5.74, 6) is 0.0429. The number of carbonyl (C=O) groups excluding carboxylic acids is 2. The van der Waals surface area contributed by atoms with E-state index in [1.165, 1.54) is 11.3 Å². The first kappa shape index (κ1) is 13.6. The molecule has 1 atom stereocenters. The third kappa shape index (κ3) is 2.49. The number of nitrogens with one attached hydrogen (secondary N) is 1. The Kier molecular flexibility index (Phi) is 3.61. The van der Waals surface area contributed by atoms with Crippen LogP contribution in [0.15, 0.2) is 24.3 Å². The van der Waals surface area contributed by atoms with Crippen LogP contribution in [0.4, 0.5) is 10.5 Å². The lowest BCUT2D eigenvalue weighted by Crippen LogP contribution is -2.38. The van der Waals surface area contributed by atoms with E-state index in [-0.39, 0.29) is 17.9 Å². The number of hydrogen-bond acceptors (Lipinski definition) is 3. The third-order valence-electron chi connectivity index (χ3n) is 4.32. The monoisotopic (exact) mass is 283 g/mol. The molecule has 1 unspecified atom stereocenters. The molecule has 0 spiro atoms. The summed E-state index contributed by atoms with van der Waals surface area (Å²) in [4.78, 5) is 25.9. The van der Waals surface area contributed by atoms with Crippen LogP contribution >= 0.6 is 0 Å². The minimum absolute atomic E-state index is 0.193. The van der Waals surface area contributed by atoms with E-state index in [1.807, 2.05) is 6.07 Å². The topological polar surface area (TPSA) is 73.2 Å². The molecule has 5 nitrogen and oxygen atoms in total. The Balaban J connectivity index is 1.84. The molecule has 1 saturated carbocycles. The lowest BCUT2D eigenvalue weighted by Gasteiger charge is -2.25. The van der Waals surface area contributed by atoms with Gasteiger partial charge in [0.1, 0.15) is 6.04 Å². The van der Waals surface area contributed by atoms with Crippen molar-refractivity contribution >= 4 is 17.6 Å². The Hall–Kier alpha value is -2.35. The van der Waals surface area contributed by atoms with Crippen molar-refractivity contribution in [2.24, 2.45) is 5.92 Å². The number of imide groups is 1. The molecule has 1 N–H and O–H groups in total. The fourth-order valence-corrected chi connectivity index (χ4v) is 3.24. The summed E-state index contributed by atoms with van der Waals surface area (Å²) in [6.07, 6.45) is 5.42. The van der Waals surface area contributed by atoms with Crippen LogP contribution in [0.5, 0.6) is 0 Å². The summed E-state index contributed by atoms with van der Waals surface area (Å²) in [5, 5.41) is 11.8. The predicted molar refractivity (Wildman–Crippen MR) is 77.5 cm³/mol. The van der Waals surface area contributed by atoms with E-state index in [4.69, 9.17) is 5.26 Å². The van der Waals surface area contributed by atoms with Gasteiger partial charge >= 0.3 is 6.03 Å². The Morgan fingerprint density at radius 2 is 1.95 bits per heavy atom. The van der Waals surface area contributed by atoms with E-state index in [0.717, 1.165) is 25.7 Å². The van der Waals surface area contributed by atoms with Gasteiger partial charge in [-0.25, -0.2) is 9.69 Å². The number of nitrogens with zero attached hydrogens (tertiary/aromatic N) is 2. The predicted octanol–water partition coefficient (Wildman–Crippen LogP) is 2.56. The van der Waals surface area contributed by atoms with E-state index in [1.54, 1.807) is 24.3 Å². The van der Waals surface area contributed by atoms with E-state index >= 15 is 0 Å². The molecule has 21 heavy (non-hydrogen) atoms. The van der Waals surface area contributed by atoms with Crippen LogP contribution in [-0.4, -0.2) is 18.0 Å². The molecule has 1 heterocycles. The van der Waals surface area contributed by atoms with Gasteiger partial charge < -0.3 is 5.32 Å². The Labute approximate surface area is 123 Å². The lowest BCUT2D eigenvalue weighted by atomic mass is 9.84. The molecular weight excluding hydrogens is 266 g/mol. The van der Waals surface area contributed by atoms with Gasteiger partial charge in [0.25, 0.3) is 5.91 Å². The Morgan fingerprint density at radius 3 is 2.67 bits per heavy atom. The molecule has 1 saturated heterocycles. The number of urea groups is 1. The Bertz CT molecular complexity index is 614. The fourth-order valence-electron chi connectivity index (χ4n) is 3.24. The van der Waals surface area contributed by atoms with Crippen molar-refractivity contribution < 1.29 is 9.59 Å². The first-order chi connectivity index (χ1) is 10.2. The average Bonchev–Trinajstić information content (AvgIpc) is 2.83. The summed E-state index contributed by atoms with van der Waals surface area (Å²) in [6, 6.07) is 7.82. The van der Waals surface area contributed by atoms with Gasteiger partial charge in [0.15, 0.2) is 0 Å². The molecule has 108 valence electrons. The van der Waals surface area contributed by atoms with Crippen molar-refractivity contribution in [3.05, 3.63) is 29.8 Å². The van der Waals surface area contributed by atoms with E-state index in [0.29, 0.717) is 11.3 Å². The Morgan fingerprint density at radius 1 is 1.19 bits per heavy atom. The normalized spacial score (nSPS) is 23.0. The first-order valence-electron chi connectivity index (χ1n) is 7.35. The average molecular weight is 283 g/mol. The van der Waals surface area contributed by atoms with Crippen LogP contribution in [0.2, 0.25) is 0 Å². The van der Waals surface area contributed by atoms with Crippen LogP contribution in [-0.2, 0) is 4.79 Å². The van der Waals surface area contributed by atoms with E-state index < -0.39 is 6.04 Å². The molecule has 1 aliphatic heterocycles. The van der Waals surface area contributed by atoms with Gasteiger partial charge in [-0.2, -0.15) is 5.26 Å². The van der Waals surface area contributed by atoms with E-state index in [9.17, 15) is 9.59 Å². The van der Waals surface area contributed by atoms with Crippen molar-refractivity contribution in [2.75, 3.05) is 4.90 Å². The zero-order valence-electron chi connectivity index (χ0n) is 11.7. The maximum absolute atomic E-state index is 12.6. The molecule has 1 aromatic rings. The quantitative estimate of drug-likeness (QED) is 0.848. The standard InChI is InChI=1S/C16H17N3O2/c17-10-11-5-4-8-13(9-11)19-15(20)14(18-16(19)21)12-6-2-1-3-7-12/h4-5,8-9,12,14H,1-3,6-7H2,(H,18,21). The summed E-state index contributed by atoms with van der Waals surface area (Å²) in [6.45, 7) is 0. The minimum atomic E-state index is -0.413. The second-order valence-corrected chi connectivity index (χ2v) is 5.66. The molecule has 1 aliphatic carbocycles. The molecule has 0 radical (unpaired) electrons. The first-order valence-corrected chi connectivity index (χ1v) is 7.35. The molecule has 2 aliphatic rings. The molecular formula is C16H17N3O2. The zero-order chi connectivity index (χ0) is 14.8. The van der Waals surface area contributed by atoms with Crippen molar-refractivity contribution in [2.45, 2.75) is 38.1 Å². The molecule has 0 bridgehead atoms. The number of hydrogen-bond donors (Lipinski definition) is 1. The highest BCUT2D eigenvalue weighted by Gasteiger charge is 2.43. The van der Waals surface area contributed by atoms with Crippen LogP contribution in [0.25, 0.3) is 0 Å². The second kappa shape index (κ2) is 5.57. The smallest absolute Gasteiger partial charge is 0.325 e. The van der Waals surface area contributed by atoms with Crippen LogP contribution in [0.3, 0.4) is 0 Å². The number of benzene rings is 1. The highest BCUT2D eigenvalue weighted by molar-refractivity contribution is 6.21. The number of nitriles is 1. The van der Waals surface area contributed by atoms with Crippen LogP contribution in [0.1, 0.15) is 37.7 Å². The second-order valence-electron chi connectivity index (χ2n) is 5.66. The molecule has 2 fully saturated rings. The third-order valence-corrected chi connectivity index (χ3v) is 4.32. The largest absolute Gasteiger partial charge is 0.329 e. The van der Waals surface area contributed by atoms with E-state index in [2.05, 4.69) is 5.32 Å². The molecule has 5 heteroatoms. The molecule has 3 amide bonds. The SMILES string of the molecule is N#Cc1cccc(N2C(=O)NC(C3CCCCC3)C2=O)c1.